The molecule has 0 aliphatic heterocycles. The van der Waals surface area contributed by atoms with Gasteiger partial charge in [0.2, 0.25) is 0 Å². The van der Waals surface area contributed by atoms with Gasteiger partial charge in [0, 0.05) is 6.07 Å². The predicted octanol–water partition coefficient (Wildman–Crippen LogP) is 0.524. The molecule has 0 spiro atoms. The molecule has 5 heteroatoms. The first kappa shape index (κ1) is 11.1. The van der Waals surface area contributed by atoms with Crippen LogP contribution >= 0.6 is 0 Å². The van der Waals surface area contributed by atoms with Gasteiger partial charge in [0.15, 0.2) is 0 Å². The fourth-order valence-corrected chi connectivity index (χ4v) is 1.18. The van der Waals surface area contributed by atoms with E-state index in [1.165, 1.54) is 6.07 Å². The van der Waals surface area contributed by atoms with Crippen LogP contribution in [0.15, 0.2) is 6.07 Å². The molecule has 0 bridgehead atoms. The lowest BCUT2D eigenvalue weighted by Crippen LogP contribution is -2.33. The molecule has 0 aliphatic rings. The monoisotopic (exact) mass is 206 g/mol. The van der Waals surface area contributed by atoms with E-state index in [2.05, 4.69) is 21.4 Å². The highest BCUT2D eigenvalue weighted by atomic mass is 16.2. The van der Waals surface area contributed by atoms with Crippen LogP contribution in [-0.2, 0) is 0 Å². The molecule has 1 unspecified atom stereocenters. The third-order valence-corrected chi connectivity index (χ3v) is 1.93. The molecule has 1 aromatic rings. The van der Waals surface area contributed by atoms with Crippen LogP contribution in [0.5, 0.6) is 0 Å². The first-order valence-corrected chi connectivity index (χ1v) is 4.75. The Labute approximate surface area is 88.4 Å². The van der Waals surface area contributed by atoms with Gasteiger partial charge in [-0.25, -0.2) is 0 Å². The molecular formula is C10H14N4O. The lowest BCUT2D eigenvalue weighted by molar-refractivity contribution is 0.0939. The van der Waals surface area contributed by atoms with Crippen molar-refractivity contribution in [2.45, 2.75) is 25.8 Å². The number of carbonyl (C=O) groups excluding carboxylic acids is 1. The summed E-state index contributed by atoms with van der Waals surface area (Å²) in [5, 5.41) is 8.87. The molecule has 1 atom stereocenters. The highest BCUT2D eigenvalue weighted by Crippen LogP contribution is 2.02. The van der Waals surface area contributed by atoms with E-state index >= 15 is 0 Å². The number of nitrogen functional groups attached to an aromatic ring is 1. The van der Waals surface area contributed by atoms with Gasteiger partial charge in [-0.15, -0.1) is 6.42 Å². The average Bonchev–Trinajstić information content (AvgIpc) is 2.64. The van der Waals surface area contributed by atoms with Gasteiger partial charge in [0.1, 0.15) is 11.5 Å². The number of terminal acetylenes is 1. The van der Waals surface area contributed by atoms with E-state index in [4.69, 9.17) is 12.2 Å². The molecular weight excluding hydrogens is 192 g/mol. The van der Waals surface area contributed by atoms with Gasteiger partial charge < -0.3 is 11.1 Å². The molecule has 0 saturated carbocycles. The number of hydrogen-bond donors (Lipinski definition) is 3. The van der Waals surface area contributed by atoms with Crippen LogP contribution < -0.4 is 11.1 Å². The number of aromatic nitrogens is 2. The highest BCUT2D eigenvalue weighted by molar-refractivity contribution is 5.93. The summed E-state index contributed by atoms with van der Waals surface area (Å²) in [6.07, 6.45) is 6.95. The summed E-state index contributed by atoms with van der Waals surface area (Å²) in [7, 11) is 0. The summed E-state index contributed by atoms with van der Waals surface area (Å²) in [5.41, 5.74) is 5.70. The quantitative estimate of drug-likeness (QED) is 0.628. The number of rotatable bonds is 4. The standard InChI is InChI=1S/C10H14N4O/c1-3-5-7(4-2)12-10(15)8-6-9(11)14-13-8/h2,6-7H,3,5H2,1H3,(H,12,15)(H3,11,13,14). The summed E-state index contributed by atoms with van der Waals surface area (Å²) in [5.74, 6) is 2.52. The lowest BCUT2D eigenvalue weighted by atomic mass is 10.2. The van der Waals surface area contributed by atoms with Gasteiger partial charge in [-0.2, -0.15) is 5.10 Å². The summed E-state index contributed by atoms with van der Waals surface area (Å²) >= 11 is 0. The van der Waals surface area contributed by atoms with E-state index in [1.807, 2.05) is 6.92 Å². The largest absolute Gasteiger partial charge is 0.382 e. The lowest BCUT2D eigenvalue weighted by Gasteiger charge is -2.10. The van der Waals surface area contributed by atoms with Crippen molar-refractivity contribution in [3.8, 4) is 12.3 Å². The van der Waals surface area contributed by atoms with E-state index in [0.717, 1.165) is 12.8 Å². The van der Waals surface area contributed by atoms with Crippen molar-refractivity contribution in [1.82, 2.24) is 15.5 Å². The van der Waals surface area contributed by atoms with Crippen LogP contribution in [0.4, 0.5) is 5.82 Å². The maximum Gasteiger partial charge on any atom is 0.270 e. The maximum atomic E-state index is 11.6. The summed E-state index contributed by atoms with van der Waals surface area (Å²) in [4.78, 5) is 11.6. The SMILES string of the molecule is C#CC(CCC)NC(=O)c1cc(N)n[nH]1. The Kier molecular flexibility index (Phi) is 3.75. The van der Waals surface area contributed by atoms with Crippen LogP contribution in [0.3, 0.4) is 0 Å². The fourth-order valence-electron chi connectivity index (χ4n) is 1.18. The number of anilines is 1. The Morgan fingerprint density at radius 3 is 3.07 bits per heavy atom. The summed E-state index contributed by atoms with van der Waals surface area (Å²) in [6, 6.07) is 1.22. The van der Waals surface area contributed by atoms with E-state index in [9.17, 15) is 4.79 Å². The van der Waals surface area contributed by atoms with E-state index in [1.54, 1.807) is 0 Å². The summed E-state index contributed by atoms with van der Waals surface area (Å²) in [6.45, 7) is 2.00. The Morgan fingerprint density at radius 1 is 1.87 bits per heavy atom. The zero-order valence-electron chi connectivity index (χ0n) is 8.58. The molecule has 1 aromatic heterocycles. The smallest absolute Gasteiger partial charge is 0.270 e. The zero-order chi connectivity index (χ0) is 11.3. The molecule has 15 heavy (non-hydrogen) atoms. The van der Waals surface area contributed by atoms with Gasteiger partial charge >= 0.3 is 0 Å². The third kappa shape index (κ3) is 3.02. The molecule has 1 amide bonds. The third-order valence-electron chi connectivity index (χ3n) is 1.93. The Balaban J connectivity index is 2.59. The minimum absolute atomic E-state index is 0.243. The van der Waals surface area contributed by atoms with Crippen LogP contribution in [0, 0.1) is 12.3 Å². The number of nitrogens with one attached hydrogen (secondary N) is 2. The van der Waals surface area contributed by atoms with E-state index in [0.29, 0.717) is 5.69 Å². The normalized spacial score (nSPS) is 11.7. The second-order valence-corrected chi connectivity index (χ2v) is 3.19. The maximum absolute atomic E-state index is 11.6. The topological polar surface area (TPSA) is 83.8 Å². The van der Waals surface area contributed by atoms with Crippen molar-refractivity contribution < 1.29 is 4.79 Å². The number of H-pyrrole nitrogens is 1. The van der Waals surface area contributed by atoms with Gasteiger partial charge in [-0.1, -0.05) is 19.3 Å². The minimum atomic E-state index is -0.282. The van der Waals surface area contributed by atoms with Gasteiger partial charge in [0.05, 0.1) is 6.04 Å². The number of amides is 1. The Morgan fingerprint density at radius 2 is 2.60 bits per heavy atom. The van der Waals surface area contributed by atoms with Gasteiger partial charge in [-0.3, -0.25) is 9.89 Å². The molecule has 4 N–H and O–H groups in total. The molecule has 1 heterocycles. The fraction of sp³-hybridized carbons (Fsp3) is 0.400. The number of aromatic amines is 1. The summed E-state index contributed by atoms with van der Waals surface area (Å²) < 4.78 is 0. The Hall–Kier alpha value is -1.96. The van der Waals surface area contributed by atoms with Crippen LogP contribution in [0.1, 0.15) is 30.3 Å². The molecule has 1 rings (SSSR count). The number of nitrogens with two attached hydrogens (primary N) is 1. The van der Waals surface area contributed by atoms with Crippen molar-refractivity contribution in [2.75, 3.05) is 5.73 Å². The predicted molar refractivity (Wildman–Crippen MR) is 58.0 cm³/mol. The Bertz CT molecular complexity index is 377. The first-order chi connectivity index (χ1) is 7.17. The van der Waals surface area contributed by atoms with Crippen LogP contribution in [0.2, 0.25) is 0 Å². The average molecular weight is 206 g/mol. The number of nitrogens with zero attached hydrogens (tertiary/aromatic N) is 1. The zero-order valence-corrected chi connectivity index (χ0v) is 8.58. The number of hydrogen-bond acceptors (Lipinski definition) is 3. The van der Waals surface area contributed by atoms with Crippen molar-refractivity contribution in [2.24, 2.45) is 0 Å². The van der Waals surface area contributed by atoms with Crippen LogP contribution in [-0.4, -0.2) is 22.1 Å². The van der Waals surface area contributed by atoms with Crippen molar-refractivity contribution in [3.05, 3.63) is 11.8 Å². The minimum Gasteiger partial charge on any atom is -0.382 e. The van der Waals surface area contributed by atoms with Crippen molar-refractivity contribution in [3.63, 3.8) is 0 Å². The molecule has 0 radical (unpaired) electrons. The second kappa shape index (κ2) is 5.05. The van der Waals surface area contributed by atoms with Crippen molar-refractivity contribution in [1.29, 1.82) is 0 Å². The molecule has 0 fully saturated rings. The van der Waals surface area contributed by atoms with E-state index in [-0.39, 0.29) is 17.8 Å². The van der Waals surface area contributed by atoms with Crippen molar-refractivity contribution >= 4 is 11.7 Å². The molecule has 5 nitrogen and oxygen atoms in total. The molecule has 0 aliphatic carbocycles. The van der Waals surface area contributed by atoms with Gasteiger partial charge in [-0.05, 0) is 6.42 Å². The highest BCUT2D eigenvalue weighted by Gasteiger charge is 2.12. The van der Waals surface area contributed by atoms with E-state index < -0.39 is 0 Å². The molecule has 0 aromatic carbocycles. The van der Waals surface area contributed by atoms with Crippen LogP contribution in [0.25, 0.3) is 0 Å². The first-order valence-electron chi connectivity index (χ1n) is 4.75. The molecule has 0 saturated heterocycles. The second-order valence-electron chi connectivity index (χ2n) is 3.19. The van der Waals surface area contributed by atoms with Gasteiger partial charge in [0.25, 0.3) is 5.91 Å². The number of carbonyl (C=O) groups is 1. The molecule has 80 valence electrons.